The van der Waals surface area contributed by atoms with E-state index in [-0.39, 0.29) is 17.4 Å². The van der Waals surface area contributed by atoms with Gasteiger partial charge >= 0.3 is 5.97 Å². The Morgan fingerprint density at radius 3 is 2.69 bits per heavy atom. The molecule has 0 radical (unpaired) electrons. The molecule has 0 aliphatic carbocycles. The van der Waals surface area contributed by atoms with E-state index in [0.717, 1.165) is 24.9 Å². The van der Waals surface area contributed by atoms with Crippen molar-refractivity contribution in [2.45, 2.75) is 18.9 Å². The van der Waals surface area contributed by atoms with Crippen LogP contribution in [-0.2, 0) is 0 Å². The van der Waals surface area contributed by atoms with Crippen molar-refractivity contribution in [3.63, 3.8) is 0 Å². The van der Waals surface area contributed by atoms with E-state index >= 15 is 0 Å². The third-order valence-electron chi connectivity index (χ3n) is 4.80. The SMILES string of the molecule is COc1cc2c(C(=O)O)c(-c3ccc(F)cc3)oc2cc1C1CCCN1. The van der Waals surface area contributed by atoms with Gasteiger partial charge in [-0.1, -0.05) is 0 Å². The Hall–Kier alpha value is -2.86. The van der Waals surface area contributed by atoms with E-state index in [0.29, 0.717) is 22.3 Å². The third kappa shape index (κ3) is 2.72. The first kappa shape index (κ1) is 16.6. The van der Waals surface area contributed by atoms with Gasteiger partial charge in [0.1, 0.15) is 28.5 Å². The lowest BCUT2D eigenvalue weighted by molar-refractivity contribution is 0.0699. The number of fused-ring (bicyclic) bond motifs is 1. The van der Waals surface area contributed by atoms with E-state index in [4.69, 9.17) is 9.15 Å². The molecule has 2 N–H and O–H groups in total. The summed E-state index contributed by atoms with van der Waals surface area (Å²) in [6.07, 6.45) is 2.06. The van der Waals surface area contributed by atoms with Crippen molar-refractivity contribution in [2.24, 2.45) is 0 Å². The summed E-state index contributed by atoms with van der Waals surface area (Å²) < 4.78 is 24.6. The normalized spacial score (nSPS) is 16.9. The average Bonchev–Trinajstić information content (AvgIpc) is 3.28. The molecular weight excluding hydrogens is 337 g/mol. The van der Waals surface area contributed by atoms with Crippen LogP contribution in [0.3, 0.4) is 0 Å². The lowest BCUT2D eigenvalue weighted by Gasteiger charge is -2.15. The predicted molar refractivity (Wildman–Crippen MR) is 95.1 cm³/mol. The molecule has 1 aliphatic rings. The number of carbonyl (C=O) groups is 1. The van der Waals surface area contributed by atoms with Crippen LogP contribution in [0.25, 0.3) is 22.3 Å². The number of carboxylic acid groups (broad SMARTS) is 1. The van der Waals surface area contributed by atoms with Gasteiger partial charge in [-0.2, -0.15) is 0 Å². The second-order valence-electron chi connectivity index (χ2n) is 6.36. The molecule has 26 heavy (non-hydrogen) atoms. The van der Waals surface area contributed by atoms with Crippen LogP contribution in [0.4, 0.5) is 4.39 Å². The maximum absolute atomic E-state index is 13.2. The van der Waals surface area contributed by atoms with Crippen LogP contribution in [0.1, 0.15) is 34.8 Å². The lowest BCUT2D eigenvalue weighted by Crippen LogP contribution is -2.13. The van der Waals surface area contributed by atoms with Crippen LogP contribution >= 0.6 is 0 Å². The highest BCUT2D eigenvalue weighted by Gasteiger charge is 2.26. The van der Waals surface area contributed by atoms with Gasteiger partial charge < -0.3 is 19.6 Å². The highest BCUT2D eigenvalue weighted by molar-refractivity contribution is 6.08. The van der Waals surface area contributed by atoms with Gasteiger partial charge in [0.15, 0.2) is 0 Å². The summed E-state index contributed by atoms with van der Waals surface area (Å²) in [5.41, 5.74) is 2.00. The molecule has 0 amide bonds. The van der Waals surface area contributed by atoms with Gasteiger partial charge in [0.05, 0.1) is 7.11 Å². The summed E-state index contributed by atoms with van der Waals surface area (Å²) in [5, 5.41) is 13.6. The van der Waals surface area contributed by atoms with Crippen LogP contribution < -0.4 is 10.1 Å². The molecule has 134 valence electrons. The molecule has 2 aromatic carbocycles. The molecule has 2 heterocycles. The summed E-state index contributed by atoms with van der Waals surface area (Å²) in [7, 11) is 1.57. The van der Waals surface area contributed by atoms with Crippen molar-refractivity contribution in [1.29, 1.82) is 0 Å². The Morgan fingerprint density at radius 1 is 1.31 bits per heavy atom. The van der Waals surface area contributed by atoms with E-state index in [9.17, 15) is 14.3 Å². The quantitative estimate of drug-likeness (QED) is 0.727. The Bertz CT molecular complexity index is 972. The topological polar surface area (TPSA) is 71.7 Å². The van der Waals surface area contributed by atoms with Gasteiger partial charge in [-0.15, -0.1) is 0 Å². The smallest absolute Gasteiger partial charge is 0.340 e. The van der Waals surface area contributed by atoms with Crippen molar-refractivity contribution in [2.75, 3.05) is 13.7 Å². The van der Waals surface area contributed by atoms with Gasteiger partial charge in [0.2, 0.25) is 0 Å². The largest absolute Gasteiger partial charge is 0.496 e. The van der Waals surface area contributed by atoms with E-state index in [1.807, 2.05) is 6.07 Å². The zero-order valence-corrected chi connectivity index (χ0v) is 14.2. The molecule has 1 aromatic heterocycles. The fourth-order valence-corrected chi connectivity index (χ4v) is 3.55. The molecule has 4 rings (SSSR count). The van der Waals surface area contributed by atoms with Crippen molar-refractivity contribution in [3.8, 4) is 17.1 Å². The molecule has 6 heteroatoms. The fourth-order valence-electron chi connectivity index (χ4n) is 3.55. The maximum atomic E-state index is 13.2. The van der Waals surface area contributed by atoms with Crippen molar-refractivity contribution >= 4 is 16.9 Å². The molecule has 1 saturated heterocycles. The minimum Gasteiger partial charge on any atom is -0.496 e. The number of hydrogen-bond acceptors (Lipinski definition) is 4. The molecule has 0 saturated carbocycles. The van der Waals surface area contributed by atoms with Gasteiger partial charge in [0.25, 0.3) is 0 Å². The minimum atomic E-state index is -1.10. The summed E-state index contributed by atoms with van der Waals surface area (Å²) in [5.74, 6) is -0.646. The van der Waals surface area contributed by atoms with E-state index in [2.05, 4.69) is 5.32 Å². The molecule has 0 spiro atoms. The van der Waals surface area contributed by atoms with Crippen LogP contribution in [0, 0.1) is 5.82 Å². The fraction of sp³-hybridized carbons (Fsp3) is 0.250. The number of ether oxygens (including phenoxy) is 1. The number of halogens is 1. The molecule has 0 bridgehead atoms. The second-order valence-corrected chi connectivity index (χ2v) is 6.36. The number of hydrogen-bond donors (Lipinski definition) is 2. The first-order valence-electron chi connectivity index (χ1n) is 8.45. The first-order valence-corrected chi connectivity index (χ1v) is 8.45. The van der Waals surface area contributed by atoms with Crippen molar-refractivity contribution in [3.05, 3.63) is 53.3 Å². The summed E-state index contributed by atoms with van der Waals surface area (Å²) >= 11 is 0. The standard InChI is InChI=1S/C20H18FNO4/c1-25-16-10-14-17(9-13(16)15-3-2-8-22-15)26-19(18(14)20(23)24)11-4-6-12(21)7-5-11/h4-7,9-10,15,22H,2-3,8H2,1H3,(H,23,24). The highest BCUT2D eigenvalue weighted by Crippen LogP contribution is 2.40. The van der Waals surface area contributed by atoms with Crippen LogP contribution in [-0.4, -0.2) is 24.7 Å². The number of benzene rings is 2. The molecule has 5 nitrogen and oxygen atoms in total. The molecule has 1 aliphatic heterocycles. The average molecular weight is 355 g/mol. The molecular formula is C20H18FNO4. The van der Waals surface area contributed by atoms with Crippen LogP contribution in [0.5, 0.6) is 5.75 Å². The zero-order valence-electron chi connectivity index (χ0n) is 14.2. The van der Waals surface area contributed by atoms with Crippen molar-refractivity contribution in [1.82, 2.24) is 5.32 Å². The number of aromatic carboxylic acids is 1. The number of carboxylic acids is 1. The number of rotatable bonds is 4. The van der Waals surface area contributed by atoms with E-state index in [1.54, 1.807) is 13.2 Å². The van der Waals surface area contributed by atoms with E-state index < -0.39 is 11.8 Å². The lowest BCUT2D eigenvalue weighted by atomic mass is 10.00. The van der Waals surface area contributed by atoms with Crippen molar-refractivity contribution < 1.29 is 23.4 Å². The summed E-state index contributed by atoms with van der Waals surface area (Å²) in [6.45, 7) is 0.936. The maximum Gasteiger partial charge on any atom is 0.340 e. The Kier molecular flexibility index (Phi) is 4.12. The van der Waals surface area contributed by atoms with Gasteiger partial charge in [-0.25, -0.2) is 9.18 Å². The molecule has 3 aromatic rings. The Labute approximate surface area is 149 Å². The Balaban J connectivity index is 1.94. The monoisotopic (exact) mass is 355 g/mol. The zero-order chi connectivity index (χ0) is 18.3. The molecule has 1 unspecified atom stereocenters. The Morgan fingerprint density at radius 2 is 2.08 bits per heavy atom. The molecule has 1 fully saturated rings. The van der Waals surface area contributed by atoms with Crippen LogP contribution in [0.2, 0.25) is 0 Å². The van der Waals surface area contributed by atoms with Crippen LogP contribution in [0.15, 0.2) is 40.8 Å². The van der Waals surface area contributed by atoms with Gasteiger partial charge in [-0.3, -0.25) is 0 Å². The first-order chi connectivity index (χ1) is 12.6. The minimum absolute atomic E-state index is 0.0517. The third-order valence-corrected chi connectivity index (χ3v) is 4.80. The highest BCUT2D eigenvalue weighted by atomic mass is 19.1. The van der Waals surface area contributed by atoms with Gasteiger partial charge in [-0.05, 0) is 55.8 Å². The number of nitrogens with one attached hydrogen (secondary N) is 1. The second kappa shape index (κ2) is 6.46. The van der Waals surface area contributed by atoms with E-state index in [1.165, 1.54) is 24.3 Å². The summed E-state index contributed by atoms with van der Waals surface area (Å²) in [4.78, 5) is 11.9. The summed E-state index contributed by atoms with van der Waals surface area (Å²) in [6, 6.07) is 9.29. The number of furan rings is 1. The van der Waals surface area contributed by atoms with Gasteiger partial charge in [0, 0.05) is 22.6 Å². The number of methoxy groups -OCH3 is 1. The predicted octanol–water partition coefficient (Wildman–Crippen LogP) is 4.37. The molecule has 1 atom stereocenters.